The largest absolute Gasteiger partial charge is 0.481 e. The van der Waals surface area contributed by atoms with Crippen LogP contribution < -0.4 is 5.73 Å². The molecular weight excluding hydrogens is 210 g/mol. The fraction of sp³-hybridized carbons (Fsp3) is 0.375. The SMILES string of the molecule is C[C@](N)(CC(=O)O)c1ccsc1Cl. The number of aliphatic carboxylic acids is 1. The van der Waals surface area contributed by atoms with Crippen molar-refractivity contribution in [3.8, 4) is 0 Å². The van der Waals surface area contributed by atoms with Crippen molar-refractivity contribution in [1.29, 1.82) is 0 Å². The van der Waals surface area contributed by atoms with Crippen molar-refractivity contribution in [1.82, 2.24) is 0 Å². The molecule has 1 atom stereocenters. The Kier molecular flexibility index (Phi) is 2.95. The number of hydrogen-bond acceptors (Lipinski definition) is 3. The molecule has 1 aromatic rings. The molecule has 0 aliphatic rings. The van der Waals surface area contributed by atoms with Crippen LogP contribution in [0.3, 0.4) is 0 Å². The highest BCUT2D eigenvalue weighted by atomic mass is 35.5. The molecule has 0 amide bonds. The summed E-state index contributed by atoms with van der Waals surface area (Å²) in [4.78, 5) is 10.5. The zero-order valence-electron chi connectivity index (χ0n) is 7.08. The van der Waals surface area contributed by atoms with Gasteiger partial charge in [0, 0.05) is 5.56 Å². The van der Waals surface area contributed by atoms with E-state index in [4.69, 9.17) is 22.4 Å². The fourth-order valence-corrected chi connectivity index (χ4v) is 2.30. The topological polar surface area (TPSA) is 63.3 Å². The van der Waals surface area contributed by atoms with E-state index in [1.165, 1.54) is 11.3 Å². The van der Waals surface area contributed by atoms with Crippen molar-refractivity contribution in [2.75, 3.05) is 0 Å². The van der Waals surface area contributed by atoms with Crippen molar-refractivity contribution in [2.45, 2.75) is 18.9 Å². The second-order valence-electron chi connectivity index (χ2n) is 3.10. The molecule has 5 heteroatoms. The van der Waals surface area contributed by atoms with E-state index in [-0.39, 0.29) is 6.42 Å². The average molecular weight is 220 g/mol. The standard InChI is InChI=1S/C8H10ClNO2S/c1-8(10,4-6(11)12)5-2-3-13-7(5)9/h2-3H,4,10H2,1H3,(H,11,12)/t8-/m0/s1. The minimum absolute atomic E-state index is 0.122. The molecule has 0 saturated heterocycles. The van der Waals surface area contributed by atoms with Gasteiger partial charge in [-0.3, -0.25) is 4.79 Å². The minimum Gasteiger partial charge on any atom is -0.481 e. The highest BCUT2D eigenvalue weighted by molar-refractivity contribution is 7.14. The van der Waals surface area contributed by atoms with Crippen LogP contribution in [0, 0.1) is 0 Å². The number of hydrogen-bond donors (Lipinski definition) is 2. The summed E-state index contributed by atoms with van der Waals surface area (Å²) in [6.45, 7) is 1.66. The van der Waals surface area contributed by atoms with Crippen LogP contribution >= 0.6 is 22.9 Å². The normalized spacial score (nSPS) is 15.3. The van der Waals surface area contributed by atoms with Gasteiger partial charge in [-0.15, -0.1) is 11.3 Å². The van der Waals surface area contributed by atoms with Crippen LogP contribution in [0.4, 0.5) is 0 Å². The van der Waals surface area contributed by atoms with E-state index in [0.29, 0.717) is 9.90 Å². The summed E-state index contributed by atoms with van der Waals surface area (Å²) in [5.74, 6) is -0.924. The Labute approximate surface area is 85.1 Å². The van der Waals surface area contributed by atoms with Gasteiger partial charge in [-0.05, 0) is 18.4 Å². The van der Waals surface area contributed by atoms with Crippen molar-refractivity contribution in [3.63, 3.8) is 0 Å². The highest BCUT2D eigenvalue weighted by Gasteiger charge is 2.27. The number of carbonyl (C=O) groups is 1. The van der Waals surface area contributed by atoms with Crippen molar-refractivity contribution < 1.29 is 9.90 Å². The third-order valence-electron chi connectivity index (χ3n) is 1.75. The molecule has 3 N–H and O–H groups in total. The van der Waals surface area contributed by atoms with Crippen LogP contribution in [0.5, 0.6) is 0 Å². The summed E-state index contributed by atoms with van der Waals surface area (Å²) < 4.78 is 0.561. The smallest absolute Gasteiger partial charge is 0.305 e. The number of thiophene rings is 1. The van der Waals surface area contributed by atoms with Crippen molar-refractivity contribution >= 4 is 28.9 Å². The van der Waals surface area contributed by atoms with Gasteiger partial charge in [-0.25, -0.2) is 0 Å². The van der Waals surface area contributed by atoms with Crippen LogP contribution in [0.25, 0.3) is 0 Å². The second kappa shape index (κ2) is 3.65. The molecule has 0 radical (unpaired) electrons. The van der Waals surface area contributed by atoms with Crippen LogP contribution in [-0.4, -0.2) is 11.1 Å². The highest BCUT2D eigenvalue weighted by Crippen LogP contribution is 2.32. The second-order valence-corrected chi connectivity index (χ2v) is 4.61. The quantitative estimate of drug-likeness (QED) is 0.818. The van der Waals surface area contributed by atoms with E-state index >= 15 is 0 Å². The van der Waals surface area contributed by atoms with Gasteiger partial charge in [0.2, 0.25) is 0 Å². The molecule has 1 aromatic heterocycles. The van der Waals surface area contributed by atoms with Gasteiger partial charge in [-0.1, -0.05) is 11.6 Å². The van der Waals surface area contributed by atoms with Gasteiger partial charge in [0.25, 0.3) is 0 Å². The lowest BCUT2D eigenvalue weighted by Gasteiger charge is -2.21. The lowest BCUT2D eigenvalue weighted by Crippen LogP contribution is -2.35. The van der Waals surface area contributed by atoms with E-state index in [1.54, 1.807) is 18.4 Å². The molecule has 0 spiro atoms. The first-order valence-corrected chi connectivity index (χ1v) is 4.93. The van der Waals surface area contributed by atoms with Crippen LogP contribution in [-0.2, 0) is 10.3 Å². The summed E-state index contributed by atoms with van der Waals surface area (Å²) in [6, 6.07) is 1.76. The molecule has 0 unspecified atom stereocenters. The van der Waals surface area contributed by atoms with Gasteiger partial charge in [0.15, 0.2) is 0 Å². The fourth-order valence-electron chi connectivity index (χ4n) is 1.12. The lowest BCUT2D eigenvalue weighted by atomic mass is 9.92. The number of carboxylic acids is 1. The predicted molar refractivity (Wildman–Crippen MR) is 53.1 cm³/mol. The van der Waals surface area contributed by atoms with Crippen molar-refractivity contribution in [3.05, 3.63) is 21.3 Å². The van der Waals surface area contributed by atoms with Gasteiger partial charge in [0.1, 0.15) is 0 Å². The minimum atomic E-state index is -0.924. The Morgan fingerprint density at radius 3 is 2.85 bits per heavy atom. The molecule has 1 heterocycles. The maximum atomic E-state index is 10.5. The number of nitrogens with two attached hydrogens (primary N) is 1. The van der Waals surface area contributed by atoms with E-state index in [1.807, 2.05) is 0 Å². The predicted octanol–water partition coefficient (Wildman–Crippen LogP) is 2.05. The zero-order chi connectivity index (χ0) is 10.1. The Morgan fingerprint density at radius 2 is 2.46 bits per heavy atom. The maximum absolute atomic E-state index is 10.5. The first-order chi connectivity index (χ1) is 5.93. The Bertz CT molecular complexity index is 322. The Hall–Kier alpha value is -0.580. The first kappa shape index (κ1) is 10.5. The molecule has 72 valence electrons. The molecule has 0 aliphatic heterocycles. The van der Waals surface area contributed by atoms with Gasteiger partial charge in [-0.2, -0.15) is 0 Å². The number of carboxylic acid groups (broad SMARTS) is 1. The molecule has 0 bridgehead atoms. The molecule has 3 nitrogen and oxygen atoms in total. The molecule has 0 aliphatic carbocycles. The van der Waals surface area contributed by atoms with E-state index in [0.717, 1.165) is 0 Å². The summed E-state index contributed by atoms with van der Waals surface area (Å²) in [5, 5.41) is 10.4. The molecule has 0 saturated carbocycles. The third kappa shape index (κ3) is 2.43. The monoisotopic (exact) mass is 219 g/mol. The van der Waals surface area contributed by atoms with Crippen LogP contribution in [0.1, 0.15) is 18.9 Å². The zero-order valence-corrected chi connectivity index (χ0v) is 8.65. The molecule has 0 fully saturated rings. The first-order valence-electron chi connectivity index (χ1n) is 3.67. The van der Waals surface area contributed by atoms with Gasteiger partial charge < -0.3 is 10.8 Å². The summed E-state index contributed by atoms with van der Waals surface area (Å²) in [7, 11) is 0. The van der Waals surface area contributed by atoms with E-state index < -0.39 is 11.5 Å². The van der Waals surface area contributed by atoms with Crippen molar-refractivity contribution in [2.24, 2.45) is 5.73 Å². The Morgan fingerprint density at radius 1 is 1.85 bits per heavy atom. The maximum Gasteiger partial charge on any atom is 0.305 e. The number of halogens is 1. The third-order valence-corrected chi connectivity index (χ3v) is 2.92. The summed E-state index contributed by atoms with van der Waals surface area (Å²) in [6.07, 6.45) is -0.122. The van der Waals surface area contributed by atoms with Gasteiger partial charge >= 0.3 is 5.97 Å². The summed E-state index contributed by atoms with van der Waals surface area (Å²) >= 11 is 7.20. The van der Waals surface area contributed by atoms with E-state index in [2.05, 4.69) is 0 Å². The van der Waals surface area contributed by atoms with E-state index in [9.17, 15) is 4.79 Å². The lowest BCUT2D eigenvalue weighted by molar-refractivity contribution is -0.138. The number of rotatable bonds is 3. The van der Waals surface area contributed by atoms with Gasteiger partial charge in [0.05, 0.1) is 16.3 Å². The Balaban J connectivity index is 2.93. The van der Waals surface area contributed by atoms with Crippen LogP contribution in [0.15, 0.2) is 11.4 Å². The molecule has 13 heavy (non-hydrogen) atoms. The van der Waals surface area contributed by atoms with Crippen LogP contribution in [0.2, 0.25) is 4.34 Å². The molecular formula is C8H10ClNO2S. The average Bonchev–Trinajstić information content (AvgIpc) is 2.32. The summed E-state index contributed by atoms with van der Waals surface area (Å²) in [5.41, 5.74) is 5.64. The molecule has 1 rings (SSSR count). The molecule has 0 aromatic carbocycles.